The Kier molecular flexibility index (Phi) is 6.18. The normalized spacial score (nSPS) is 21.6. The van der Waals surface area contributed by atoms with Gasteiger partial charge in [-0.15, -0.1) is 0 Å². The van der Waals surface area contributed by atoms with Gasteiger partial charge in [-0.05, 0) is 49.1 Å². The van der Waals surface area contributed by atoms with E-state index in [-0.39, 0.29) is 42.2 Å². The lowest BCUT2D eigenvalue weighted by molar-refractivity contribution is -0.183. The lowest BCUT2D eigenvalue weighted by atomic mass is 9.74. The SMILES string of the molecule is CC1(C)CCc2c(c(C3CN(C(=O)c4cc(N)ncc4F)C3)nn2CC(=O)N2CCC[C@H]2C(F)(F)F)C1. The van der Waals surface area contributed by atoms with Gasteiger partial charge >= 0.3 is 6.18 Å². The van der Waals surface area contributed by atoms with Crippen LogP contribution in [0.4, 0.5) is 23.4 Å². The molecule has 0 radical (unpaired) electrons. The number of likely N-dealkylation sites (tertiary alicyclic amines) is 2. The Morgan fingerprint density at radius 2 is 1.97 bits per heavy atom. The Bertz CT molecular complexity index is 1230. The number of carbonyl (C=O) groups excluding carboxylic acids is 2. The number of hydrogen-bond donors (Lipinski definition) is 1. The van der Waals surface area contributed by atoms with Crippen LogP contribution in [0.15, 0.2) is 12.3 Å². The number of amides is 2. The molecule has 0 saturated carbocycles. The maximum atomic E-state index is 14.1. The first-order valence-electron chi connectivity index (χ1n) is 12.5. The van der Waals surface area contributed by atoms with Crippen LogP contribution in [0.5, 0.6) is 0 Å². The number of nitrogen functional groups attached to an aromatic ring is 1. The monoisotopic (exact) mass is 522 g/mol. The number of fused-ring (bicyclic) bond motifs is 1. The standard InChI is InChI=1S/C25H30F4N6O2/c1-24(2)6-5-18-16(9-24)22(14-11-33(12-14)23(37)15-8-20(30)31-10-17(15)26)32-35(18)13-21(36)34-7-3-4-19(34)25(27,28)29/h8,10,14,19H,3-7,9,11-13H2,1-2H3,(H2,30,31)/t19-/m0/s1. The van der Waals surface area contributed by atoms with Gasteiger partial charge in [0.05, 0.1) is 17.5 Å². The molecule has 2 aliphatic heterocycles. The number of halogens is 4. The van der Waals surface area contributed by atoms with E-state index in [1.807, 2.05) is 0 Å². The molecule has 0 aromatic carbocycles. The van der Waals surface area contributed by atoms with Crippen molar-refractivity contribution in [2.45, 2.75) is 70.6 Å². The van der Waals surface area contributed by atoms with Crippen LogP contribution >= 0.6 is 0 Å². The molecule has 3 aliphatic rings. The average molecular weight is 523 g/mol. The highest BCUT2D eigenvalue weighted by Gasteiger charge is 2.48. The smallest absolute Gasteiger partial charge is 0.384 e. The minimum Gasteiger partial charge on any atom is -0.384 e. The number of carbonyl (C=O) groups is 2. The highest BCUT2D eigenvalue weighted by molar-refractivity contribution is 5.95. The van der Waals surface area contributed by atoms with Crippen molar-refractivity contribution in [1.82, 2.24) is 24.6 Å². The minimum absolute atomic E-state index is 0.00685. The van der Waals surface area contributed by atoms with Crippen molar-refractivity contribution in [2.24, 2.45) is 5.41 Å². The third kappa shape index (κ3) is 4.77. The molecule has 2 aromatic heterocycles. The van der Waals surface area contributed by atoms with Gasteiger partial charge < -0.3 is 15.5 Å². The molecule has 12 heteroatoms. The minimum atomic E-state index is -4.45. The van der Waals surface area contributed by atoms with Crippen LogP contribution in [-0.2, 0) is 24.2 Å². The molecule has 5 rings (SSSR count). The van der Waals surface area contributed by atoms with E-state index in [0.29, 0.717) is 25.9 Å². The number of pyridine rings is 1. The van der Waals surface area contributed by atoms with Gasteiger partial charge in [-0.25, -0.2) is 9.37 Å². The van der Waals surface area contributed by atoms with Gasteiger partial charge in [0.1, 0.15) is 18.4 Å². The van der Waals surface area contributed by atoms with Gasteiger partial charge in [-0.3, -0.25) is 14.3 Å². The first kappa shape index (κ1) is 25.5. The molecule has 0 bridgehead atoms. The lowest BCUT2D eigenvalue weighted by Crippen LogP contribution is -2.49. The summed E-state index contributed by atoms with van der Waals surface area (Å²) in [5.41, 5.74) is 8.13. The second-order valence-corrected chi connectivity index (χ2v) is 11.1. The predicted molar refractivity (Wildman–Crippen MR) is 126 cm³/mol. The van der Waals surface area contributed by atoms with Crippen LogP contribution in [0.25, 0.3) is 0 Å². The summed E-state index contributed by atoms with van der Waals surface area (Å²) in [5.74, 6) is -1.88. The lowest BCUT2D eigenvalue weighted by Gasteiger charge is -2.39. The van der Waals surface area contributed by atoms with Crippen molar-refractivity contribution in [1.29, 1.82) is 0 Å². The molecule has 2 N–H and O–H groups in total. The Hall–Kier alpha value is -3.18. The van der Waals surface area contributed by atoms with E-state index in [2.05, 4.69) is 18.8 Å². The van der Waals surface area contributed by atoms with Gasteiger partial charge in [0, 0.05) is 31.2 Å². The number of hydrogen-bond acceptors (Lipinski definition) is 5. The maximum absolute atomic E-state index is 14.1. The first-order valence-corrected chi connectivity index (χ1v) is 12.5. The molecule has 2 aromatic rings. The summed E-state index contributed by atoms with van der Waals surface area (Å²) in [6, 6.07) is -0.541. The second-order valence-electron chi connectivity index (χ2n) is 11.1. The van der Waals surface area contributed by atoms with Gasteiger partial charge in [-0.1, -0.05) is 13.8 Å². The Morgan fingerprint density at radius 3 is 2.68 bits per heavy atom. The molecule has 2 amide bonds. The van der Waals surface area contributed by atoms with E-state index in [4.69, 9.17) is 10.8 Å². The van der Waals surface area contributed by atoms with Crippen LogP contribution < -0.4 is 5.73 Å². The van der Waals surface area contributed by atoms with Crippen molar-refractivity contribution in [3.05, 3.63) is 40.6 Å². The van der Waals surface area contributed by atoms with E-state index in [1.165, 1.54) is 11.0 Å². The molecule has 0 unspecified atom stereocenters. The van der Waals surface area contributed by atoms with Crippen molar-refractivity contribution in [2.75, 3.05) is 25.4 Å². The summed E-state index contributed by atoms with van der Waals surface area (Å²) in [5, 5.41) is 4.72. The van der Waals surface area contributed by atoms with Crippen molar-refractivity contribution in [3.8, 4) is 0 Å². The summed E-state index contributed by atoms with van der Waals surface area (Å²) in [4.78, 5) is 31.9. The third-order valence-corrected chi connectivity index (χ3v) is 7.79. The fourth-order valence-corrected chi connectivity index (χ4v) is 5.74. The number of rotatable bonds is 4. The molecule has 200 valence electrons. The number of nitrogens with two attached hydrogens (primary N) is 1. The Balaban J connectivity index is 1.36. The Labute approximate surface area is 211 Å². The zero-order valence-corrected chi connectivity index (χ0v) is 20.8. The van der Waals surface area contributed by atoms with E-state index < -0.39 is 29.8 Å². The van der Waals surface area contributed by atoms with Gasteiger partial charge in [0.15, 0.2) is 5.82 Å². The molecule has 2 fully saturated rings. The molecular formula is C25H30F4N6O2. The van der Waals surface area contributed by atoms with Crippen molar-refractivity contribution >= 4 is 17.6 Å². The second kappa shape index (κ2) is 8.98. The van der Waals surface area contributed by atoms with Crippen molar-refractivity contribution < 1.29 is 27.2 Å². The molecule has 4 heterocycles. The third-order valence-electron chi connectivity index (χ3n) is 7.79. The number of anilines is 1. The fourth-order valence-electron chi connectivity index (χ4n) is 5.74. The zero-order valence-electron chi connectivity index (χ0n) is 20.8. The number of nitrogens with zero attached hydrogens (tertiary/aromatic N) is 5. The Morgan fingerprint density at radius 1 is 1.24 bits per heavy atom. The largest absolute Gasteiger partial charge is 0.408 e. The summed E-state index contributed by atoms with van der Waals surface area (Å²) >= 11 is 0. The zero-order chi connectivity index (χ0) is 26.7. The summed E-state index contributed by atoms with van der Waals surface area (Å²) in [6.07, 6.45) is -1.04. The number of alkyl halides is 3. The molecule has 8 nitrogen and oxygen atoms in total. The summed E-state index contributed by atoms with van der Waals surface area (Å²) in [6.45, 7) is 4.77. The molecule has 1 atom stereocenters. The van der Waals surface area contributed by atoms with E-state index in [1.54, 1.807) is 4.68 Å². The van der Waals surface area contributed by atoms with Gasteiger partial charge in [-0.2, -0.15) is 18.3 Å². The van der Waals surface area contributed by atoms with E-state index >= 15 is 0 Å². The molecule has 0 spiro atoms. The van der Waals surface area contributed by atoms with Crippen LogP contribution in [0.1, 0.15) is 66.3 Å². The number of aromatic nitrogens is 3. The van der Waals surface area contributed by atoms with E-state index in [0.717, 1.165) is 40.9 Å². The predicted octanol–water partition coefficient (Wildman–Crippen LogP) is 3.31. The quantitative estimate of drug-likeness (QED) is 0.622. The molecule has 1 aliphatic carbocycles. The molecule has 2 saturated heterocycles. The summed E-state index contributed by atoms with van der Waals surface area (Å²) < 4.78 is 56.0. The van der Waals surface area contributed by atoms with Gasteiger partial charge in [0.2, 0.25) is 5.91 Å². The van der Waals surface area contributed by atoms with E-state index in [9.17, 15) is 27.2 Å². The van der Waals surface area contributed by atoms with Crippen LogP contribution in [0, 0.1) is 11.2 Å². The van der Waals surface area contributed by atoms with Gasteiger partial charge in [0.25, 0.3) is 5.91 Å². The fraction of sp³-hybridized carbons (Fsp3) is 0.600. The van der Waals surface area contributed by atoms with Crippen LogP contribution in [0.3, 0.4) is 0 Å². The topological polar surface area (TPSA) is 97.3 Å². The molecule has 37 heavy (non-hydrogen) atoms. The average Bonchev–Trinajstić information content (AvgIpc) is 3.39. The highest BCUT2D eigenvalue weighted by Crippen LogP contribution is 2.41. The first-order chi connectivity index (χ1) is 17.3. The molecular weight excluding hydrogens is 492 g/mol. The summed E-state index contributed by atoms with van der Waals surface area (Å²) in [7, 11) is 0. The maximum Gasteiger partial charge on any atom is 0.408 e. The van der Waals surface area contributed by atoms with Crippen LogP contribution in [-0.4, -0.2) is 68.2 Å². The highest BCUT2D eigenvalue weighted by atomic mass is 19.4. The van der Waals surface area contributed by atoms with Crippen molar-refractivity contribution in [3.63, 3.8) is 0 Å². The van der Waals surface area contributed by atoms with Crippen LogP contribution in [0.2, 0.25) is 0 Å².